The highest BCUT2D eigenvalue weighted by Crippen LogP contribution is 2.21. The number of rotatable bonds is 2. The summed E-state index contributed by atoms with van der Waals surface area (Å²) in [5, 5.41) is 11.6. The summed E-state index contributed by atoms with van der Waals surface area (Å²) in [6.07, 6.45) is 5.54. The lowest BCUT2D eigenvalue weighted by Crippen LogP contribution is -2.37. The molecule has 3 rings (SSSR count). The molecule has 0 fully saturated rings. The first-order chi connectivity index (χ1) is 10.3. The van der Waals surface area contributed by atoms with Crippen molar-refractivity contribution < 1.29 is 4.79 Å². The molecule has 0 aromatic heterocycles. The molecule has 0 saturated heterocycles. The maximum atomic E-state index is 12.4. The summed E-state index contributed by atoms with van der Waals surface area (Å²) in [4.78, 5) is 14.4. The van der Waals surface area contributed by atoms with Crippen molar-refractivity contribution in [2.24, 2.45) is 4.40 Å². The minimum absolute atomic E-state index is 0.199. The Morgan fingerprint density at radius 1 is 1.38 bits per heavy atom. The molecule has 1 aromatic carbocycles. The normalized spacial score (nSPS) is 16.4. The van der Waals surface area contributed by atoms with Crippen molar-refractivity contribution in [2.45, 2.75) is 0 Å². The van der Waals surface area contributed by atoms with Crippen LogP contribution in [0.2, 0.25) is 0 Å². The molecule has 0 atom stereocenters. The first kappa shape index (κ1) is 13.5. The highest BCUT2D eigenvalue weighted by atomic mass is 32.2. The maximum absolute atomic E-state index is 12.4. The van der Waals surface area contributed by atoms with Crippen LogP contribution in [0.5, 0.6) is 0 Å². The standard InChI is InChI=1S/C15H12N4OS/c16-10-11-3-5-12(6-4-11)17-15(20)13-2-1-7-19-8-9-21-18-14(13)19/h1-7H,8-9H2,(H,17,20). The van der Waals surface area contributed by atoms with Crippen molar-refractivity contribution in [3.8, 4) is 6.07 Å². The second kappa shape index (κ2) is 5.85. The van der Waals surface area contributed by atoms with E-state index in [-0.39, 0.29) is 5.91 Å². The zero-order valence-electron chi connectivity index (χ0n) is 11.1. The molecule has 1 amide bonds. The minimum atomic E-state index is -0.199. The van der Waals surface area contributed by atoms with E-state index in [0.29, 0.717) is 22.7 Å². The van der Waals surface area contributed by atoms with Crippen molar-refractivity contribution in [2.75, 3.05) is 17.6 Å². The minimum Gasteiger partial charge on any atom is -0.331 e. The van der Waals surface area contributed by atoms with Gasteiger partial charge in [-0.25, -0.2) is 0 Å². The third-order valence-electron chi connectivity index (χ3n) is 3.13. The molecule has 0 aliphatic carbocycles. The van der Waals surface area contributed by atoms with E-state index in [4.69, 9.17) is 5.26 Å². The molecular formula is C15H12N4OS. The fourth-order valence-corrected chi connectivity index (χ4v) is 2.77. The number of carbonyl (C=O) groups excluding carboxylic acids is 1. The maximum Gasteiger partial charge on any atom is 0.259 e. The number of hydrogen-bond donors (Lipinski definition) is 1. The fourth-order valence-electron chi connectivity index (χ4n) is 2.07. The highest BCUT2D eigenvalue weighted by Gasteiger charge is 2.25. The van der Waals surface area contributed by atoms with Crippen LogP contribution in [0.1, 0.15) is 5.56 Å². The lowest BCUT2D eigenvalue weighted by molar-refractivity contribution is -0.112. The average molecular weight is 296 g/mol. The largest absolute Gasteiger partial charge is 0.331 e. The molecule has 6 heteroatoms. The van der Waals surface area contributed by atoms with Crippen LogP contribution >= 0.6 is 11.9 Å². The predicted molar refractivity (Wildman–Crippen MR) is 83.6 cm³/mol. The summed E-state index contributed by atoms with van der Waals surface area (Å²) in [5.41, 5.74) is 1.77. The Hall–Kier alpha value is -2.52. The Kier molecular flexibility index (Phi) is 3.75. The van der Waals surface area contributed by atoms with E-state index in [0.717, 1.165) is 12.3 Å². The van der Waals surface area contributed by atoms with Crippen LogP contribution < -0.4 is 5.32 Å². The molecule has 5 nitrogen and oxygen atoms in total. The van der Waals surface area contributed by atoms with Gasteiger partial charge >= 0.3 is 0 Å². The van der Waals surface area contributed by atoms with E-state index < -0.39 is 0 Å². The lowest BCUT2D eigenvalue weighted by atomic mass is 10.1. The molecule has 2 aliphatic heterocycles. The second-order valence-electron chi connectivity index (χ2n) is 4.51. The first-order valence-electron chi connectivity index (χ1n) is 6.45. The molecule has 0 bridgehead atoms. The Labute approximate surface area is 126 Å². The van der Waals surface area contributed by atoms with Gasteiger partial charge in [-0.05, 0) is 48.4 Å². The Morgan fingerprint density at radius 3 is 2.95 bits per heavy atom. The van der Waals surface area contributed by atoms with E-state index in [2.05, 4.69) is 9.71 Å². The number of nitrogens with one attached hydrogen (secondary N) is 1. The Morgan fingerprint density at radius 2 is 2.19 bits per heavy atom. The number of nitrogens with zero attached hydrogens (tertiary/aromatic N) is 3. The van der Waals surface area contributed by atoms with Crippen molar-refractivity contribution in [3.63, 3.8) is 0 Å². The van der Waals surface area contributed by atoms with Gasteiger partial charge in [0.05, 0.1) is 17.2 Å². The number of nitriles is 1. The van der Waals surface area contributed by atoms with Crippen LogP contribution in [0.15, 0.2) is 52.6 Å². The first-order valence-corrected chi connectivity index (χ1v) is 7.39. The molecule has 21 heavy (non-hydrogen) atoms. The lowest BCUT2D eigenvalue weighted by Gasteiger charge is -2.28. The van der Waals surface area contributed by atoms with E-state index in [1.165, 1.54) is 11.9 Å². The van der Waals surface area contributed by atoms with Gasteiger partial charge in [0.25, 0.3) is 5.91 Å². The van der Waals surface area contributed by atoms with Crippen molar-refractivity contribution in [1.29, 1.82) is 5.26 Å². The number of amidine groups is 1. The molecule has 0 spiro atoms. The summed E-state index contributed by atoms with van der Waals surface area (Å²) >= 11 is 1.47. The molecule has 0 unspecified atom stereocenters. The Bertz CT molecular complexity index is 697. The molecule has 2 heterocycles. The molecule has 0 saturated carbocycles. The molecule has 2 aliphatic rings. The van der Waals surface area contributed by atoms with E-state index >= 15 is 0 Å². The summed E-state index contributed by atoms with van der Waals surface area (Å²) in [5.74, 6) is 1.41. The monoisotopic (exact) mass is 296 g/mol. The third-order valence-corrected chi connectivity index (χ3v) is 3.80. The van der Waals surface area contributed by atoms with Crippen molar-refractivity contribution >= 4 is 29.4 Å². The van der Waals surface area contributed by atoms with Gasteiger partial charge < -0.3 is 10.2 Å². The topological polar surface area (TPSA) is 68.5 Å². The van der Waals surface area contributed by atoms with Gasteiger partial charge in [-0.15, -0.1) is 0 Å². The number of allylic oxidation sites excluding steroid dienone is 2. The van der Waals surface area contributed by atoms with Crippen LogP contribution in [-0.4, -0.2) is 28.9 Å². The SMILES string of the molecule is N#Cc1ccc(NC(=O)C2=CC=CN3CCSN=C23)cc1. The Balaban J connectivity index is 1.78. The molecule has 1 aromatic rings. The van der Waals surface area contributed by atoms with Crippen molar-refractivity contribution in [3.05, 3.63) is 53.8 Å². The molecule has 1 N–H and O–H groups in total. The van der Waals surface area contributed by atoms with Crippen LogP contribution in [0.25, 0.3) is 0 Å². The van der Waals surface area contributed by atoms with Crippen LogP contribution in [0.3, 0.4) is 0 Å². The van der Waals surface area contributed by atoms with Gasteiger partial charge in [0, 0.05) is 24.2 Å². The number of benzene rings is 1. The summed E-state index contributed by atoms with van der Waals surface area (Å²) in [6, 6.07) is 8.82. The van der Waals surface area contributed by atoms with Gasteiger partial charge in [0.15, 0.2) is 5.84 Å². The van der Waals surface area contributed by atoms with Crippen molar-refractivity contribution in [1.82, 2.24) is 4.90 Å². The van der Waals surface area contributed by atoms with Gasteiger partial charge in [-0.3, -0.25) is 4.79 Å². The summed E-state index contributed by atoms with van der Waals surface area (Å²) < 4.78 is 4.36. The highest BCUT2D eigenvalue weighted by molar-refractivity contribution is 7.98. The molecule has 0 radical (unpaired) electrons. The second-order valence-corrected chi connectivity index (χ2v) is 5.36. The smallest absolute Gasteiger partial charge is 0.259 e. The van der Waals surface area contributed by atoms with Crippen LogP contribution in [0.4, 0.5) is 5.69 Å². The summed E-state index contributed by atoms with van der Waals surface area (Å²) in [7, 11) is 0. The van der Waals surface area contributed by atoms with Gasteiger partial charge in [0.1, 0.15) is 0 Å². The zero-order chi connectivity index (χ0) is 14.7. The average Bonchev–Trinajstić information content (AvgIpc) is 2.55. The number of hydrogen-bond acceptors (Lipinski definition) is 5. The number of fused-ring (bicyclic) bond motifs is 1. The van der Waals surface area contributed by atoms with Crippen LogP contribution in [0, 0.1) is 11.3 Å². The number of amides is 1. The fraction of sp³-hybridized carbons (Fsp3) is 0.133. The van der Waals surface area contributed by atoms with Gasteiger partial charge in [0.2, 0.25) is 0 Å². The summed E-state index contributed by atoms with van der Waals surface area (Å²) in [6.45, 7) is 0.849. The van der Waals surface area contributed by atoms with E-state index in [9.17, 15) is 4.79 Å². The van der Waals surface area contributed by atoms with Crippen LogP contribution in [-0.2, 0) is 4.79 Å². The predicted octanol–water partition coefficient (Wildman–Crippen LogP) is 2.31. The van der Waals surface area contributed by atoms with E-state index in [1.807, 2.05) is 23.2 Å². The third kappa shape index (κ3) is 2.83. The molecular weight excluding hydrogens is 284 g/mol. The van der Waals surface area contributed by atoms with Gasteiger partial charge in [-0.2, -0.15) is 9.66 Å². The quantitative estimate of drug-likeness (QED) is 0.850. The number of carbonyl (C=O) groups is 1. The van der Waals surface area contributed by atoms with Gasteiger partial charge in [-0.1, -0.05) is 0 Å². The zero-order valence-corrected chi connectivity index (χ0v) is 11.9. The number of anilines is 1. The van der Waals surface area contributed by atoms with E-state index in [1.54, 1.807) is 30.3 Å². The molecule has 104 valence electrons.